The average molecular weight is 535 g/mol. The highest BCUT2D eigenvalue weighted by Gasteiger charge is 2.88. The Kier molecular flexibility index (Phi) is 4.67. The van der Waals surface area contributed by atoms with E-state index in [0.29, 0.717) is 31.3 Å². The zero-order valence-electron chi connectivity index (χ0n) is 19.0. The summed E-state index contributed by atoms with van der Waals surface area (Å²) in [6, 6.07) is 0. The third-order valence-corrected chi connectivity index (χ3v) is 11.5. The van der Waals surface area contributed by atoms with Gasteiger partial charge in [-0.05, 0) is 62.4 Å². The fraction of sp³-hybridized carbons (Fsp3) is 0.810. The van der Waals surface area contributed by atoms with Gasteiger partial charge in [-0.1, -0.05) is 12.5 Å². The van der Waals surface area contributed by atoms with E-state index in [1.807, 2.05) is 6.92 Å². The van der Waals surface area contributed by atoms with E-state index in [-0.39, 0.29) is 24.0 Å². The molecule has 2 aliphatic heterocycles. The molecule has 7 atom stereocenters. The monoisotopic (exact) mass is 534 g/mol. The van der Waals surface area contributed by atoms with E-state index in [0.717, 1.165) is 0 Å². The summed E-state index contributed by atoms with van der Waals surface area (Å²) >= 11 is 0. The standard InChI is InChI=1S/C21H26O12S2/c1-18-8-14(23)17-11(12(18)5-6-13(18)15(24)9-22)4-3-10-7-16(25)20(30-34(26,27)31-20)21(19(10,17)2)32-35(28,29)33-21/h7,11-14,17,22-23H,3-6,8-9H2,1-2H3/t11-,12-,13+,14-,17+,18-,19-/m0/s1. The van der Waals surface area contributed by atoms with Crippen molar-refractivity contribution in [1.29, 1.82) is 0 Å². The average Bonchev–Trinajstić information content (AvgIpc) is 3.06. The van der Waals surface area contributed by atoms with Crippen LogP contribution in [-0.2, 0) is 47.1 Å². The Bertz CT molecular complexity index is 1260. The second-order valence-electron chi connectivity index (χ2n) is 11.0. The van der Waals surface area contributed by atoms with Gasteiger partial charge in [0.15, 0.2) is 5.78 Å². The van der Waals surface area contributed by atoms with Crippen LogP contribution in [0.1, 0.15) is 46.0 Å². The Balaban J connectivity index is 1.49. The fourth-order valence-electron chi connectivity index (χ4n) is 8.47. The Morgan fingerprint density at radius 2 is 1.69 bits per heavy atom. The molecule has 2 spiro atoms. The van der Waals surface area contributed by atoms with Crippen LogP contribution >= 0.6 is 0 Å². The highest BCUT2D eigenvalue weighted by atomic mass is 32.3. The molecule has 3 saturated carbocycles. The van der Waals surface area contributed by atoms with Crippen molar-refractivity contribution in [1.82, 2.24) is 0 Å². The van der Waals surface area contributed by atoms with Crippen molar-refractivity contribution >= 4 is 32.4 Å². The van der Waals surface area contributed by atoms with E-state index in [9.17, 15) is 36.6 Å². The maximum atomic E-state index is 13.1. The van der Waals surface area contributed by atoms with Gasteiger partial charge in [-0.3, -0.25) is 9.59 Å². The minimum absolute atomic E-state index is 0.0518. The van der Waals surface area contributed by atoms with Gasteiger partial charge < -0.3 is 10.2 Å². The first-order valence-corrected chi connectivity index (χ1v) is 14.2. The van der Waals surface area contributed by atoms with Crippen molar-refractivity contribution < 1.29 is 53.4 Å². The van der Waals surface area contributed by atoms with E-state index in [1.165, 1.54) is 6.08 Å². The number of fused-ring (bicyclic) bond motifs is 7. The van der Waals surface area contributed by atoms with Crippen molar-refractivity contribution in [3.05, 3.63) is 11.6 Å². The van der Waals surface area contributed by atoms with Crippen molar-refractivity contribution in [2.75, 3.05) is 6.61 Å². The van der Waals surface area contributed by atoms with Gasteiger partial charge in [-0.25, -0.2) is 8.37 Å². The number of aliphatic hydroxyl groups excluding tert-OH is 2. The first-order valence-electron chi connectivity index (χ1n) is 11.6. The summed E-state index contributed by atoms with van der Waals surface area (Å²) in [6.45, 7) is 2.93. The number of carbonyl (C=O) groups is 2. The Labute approximate surface area is 202 Å². The molecule has 194 valence electrons. The SMILES string of the molecule is C[C@]12C[C@H](O)[C@H]3[C@@H](CCC4=CC(=O)C5(OS(=O)(=O)O5)C5(OS(=O)(=O)O5)[C@@]43C)[C@@H]1CC[C@@H]2C(=O)CO. The summed E-state index contributed by atoms with van der Waals surface area (Å²) in [6.07, 6.45) is 2.37. The molecule has 0 radical (unpaired) electrons. The topological polar surface area (TPSA) is 180 Å². The van der Waals surface area contributed by atoms with Crippen LogP contribution in [0.2, 0.25) is 0 Å². The zero-order valence-corrected chi connectivity index (χ0v) is 20.6. The highest BCUT2D eigenvalue weighted by Crippen LogP contribution is 2.73. The number of carbonyl (C=O) groups excluding carboxylic acids is 2. The molecule has 12 nitrogen and oxygen atoms in total. The maximum absolute atomic E-state index is 13.1. The molecule has 2 N–H and O–H groups in total. The summed E-state index contributed by atoms with van der Waals surface area (Å²) in [7, 11) is -9.17. The predicted molar refractivity (Wildman–Crippen MR) is 112 cm³/mol. The van der Waals surface area contributed by atoms with Crippen LogP contribution in [-0.4, -0.2) is 62.9 Å². The van der Waals surface area contributed by atoms with Crippen molar-refractivity contribution in [2.24, 2.45) is 34.5 Å². The van der Waals surface area contributed by atoms with E-state index in [1.54, 1.807) is 6.92 Å². The number of ketones is 2. The van der Waals surface area contributed by atoms with E-state index in [2.05, 4.69) is 0 Å². The second-order valence-corrected chi connectivity index (χ2v) is 13.3. The predicted octanol–water partition coefficient (Wildman–Crippen LogP) is -0.138. The molecule has 35 heavy (non-hydrogen) atoms. The van der Waals surface area contributed by atoms with E-state index < -0.39 is 73.5 Å². The van der Waals surface area contributed by atoms with Crippen LogP contribution in [0.3, 0.4) is 0 Å². The maximum Gasteiger partial charge on any atom is 0.406 e. The molecule has 0 bridgehead atoms. The van der Waals surface area contributed by atoms with Gasteiger partial charge in [0.05, 0.1) is 11.5 Å². The van der Waals surface area contributed by atoms with E-state index in [4.69, 9.17) is 16.7 Å². The number of hydrogen-bond acceptors (Lipinski definition) is 12. The Morgan fingerprint density at radius 3 is 2.26 bits per heavy atom. The molecule has 0 aromatic heterocycles. The Morgan fingerprint density at radius 1 is 1.06 bits per heavy atom. The van der Waals surface area contributed by atoms with Crippen molar-refractivity contribution in [3.63, 3.8) is 0 Å². The van der Waals surface area contributed by atoms with Crippen LogP contribution in [0.15, 0.2) is 11.6 Å². The number of Topliss-reactive ketones (excluding diaryl/α,β-unsaturated/α-hetero) is 1. The third-order valence-electron chi connectivity index (χ3n) is 9.70. The Hall–Kier alpha value is -1.26. The van der Waals surface area contributed by atoms with Crippen LogP contribution < -0.4 is 0 Å². The van der Waals surface area contributed by atoms with E-state index >= 15 is 0 Å². The van der Waals surface area contributed by atoms with Crippen molar-refractivity contribution in [3.8, 4) is 0 Å². The number of hydrogen-bond donors (Lipinski definition) is 2. The normalized spacial score (nSPS) is 47.6. The molecule has 6 aliphatic rings. The van der Waals surface area contributed by atoms with Gasteiger partial charge in [0, 0.05) is 11.8 Å². The summed E-state index contributed by atoms with van der Waals surface area (Å²) in [5.41, 5.74) is -1.65. The first-order chi connectivity index (χ1) is 16.2. The van der Waals surface area contributed by atoms with Gasteiger partial charge >= 0.3 is 26.6 Å². The molecule has 0 unspecified atom stereocenters. The van der Waals surface area contributed by atoms with Crippen LogP contribution in [0.25, 0.3) is 0 Å². The smallest absolute Gasteiger partial charge is 0.393 e. The summed E-state index contributed by atoms with van der Waals surface area (Å²) in [5.74, 6) is -7.85. The molecule has 4 aliphatic carbocycles. The first kappa shape index (κ1) is 24.1. The van der Waals surface area contributed by atoms with Gasteiger partial charge in [-0.15, -0.1) is 0 Å². The van der Waals surface area contributed by atoms with Crippen molar-refractivity contribution in [2.45, 2.75) is 63.6 Å². The van der Waals surface area contributed by atoms with Gasteiger partial charge in [-0.2, -0.15) is 25.2 Å². The lowest BCUT2D eigenvalue weighted by molar-refractivity contribution is -0.402. The largest absolute Gasteiger partial charge is 0.406 e. The summed E-state index contributed by atoms with van der Waals surface area (Å²) in [5, 5.41) is 21.0. The van der Waals surface area contributed by atoms with Gasteiger partial charge in [0.2, 0.25) is 5.78 Å². The minimum Gasteiger partial charge on any atom is -0.393 e. The third kappa shape index (κ3) is 2.67. The number of aliphatic hydroxyl groups is 2. The summed E-state index contributed by atoms with van der Waals surface area (Å²) in [4.78, 5) is 25.6. The number of rotatable bonds is 2. The second kappa shape index (κ2) is 6.78. The van der Waals surface area contributed by atoms with Gasteiger partial charge in [0.1, 0.15) is 6.61 Å². The zero-order chi connectivity index (χ0) is 25.4. The molecular formula is C21H26O12S2. The molecule has 14 heteroatoms. The van der Waals surface area contributed by atoms with Crippen LogP contribution in [0.4, 0.5) is 0 Å². The lowest BCUT2D eigenvalue weighted by Crippen LogP contribution is -2.84. The molecular weight excluding hydrogens is 508 g/mol. The molecule has 2 saturated heterocycles. The molecule has 0 aromatic carbocycles. The molecule has 0 aromatic rings. The molecule has 5 fully saturated rings. The summed E-state index contributed by atoms with van der Waals surface area (Å²) < 4.78 is 68.3. The van der Waals surface area contributed by atoms with Crippen LogP contribution in [0.5, 0.6) is 0 Å². The highest BCUT2D eigenvalue weighted by molar-refractivity contribution is 7.83. The fourth-order valence-corrected chi connectivity index (χ4v) is 10.6. The minimum atomic E-state index is -4.59. The molecule has 0 amide bonds. The van der Waals surface area contributed by atoms with Gasteiger partial charge in [0.25, 0.3) is 5.79 Å². The molecule has 6 rings (SSSR count). The molecule has 2 heterocycles. The van der Waals surface area contributed by atoms with Crippen LogP contribution in [0, 0.1) is 34.5 Å². The lowest BCUT2D eigenvalue weighted by atomic mass is 9.44. The lowest BCUT2D eigenvalue weighted by Gasteiger charge is -2.68. The quantitative estimate of drug-likeness (QED) is 0.479.